The minimum Gasteiger partial charge on any atom is -0.369 e. The number of benzene rings is 1. The van der Waals surface area contributed by atoms with Crippen LogP contribution in [0.25, 0.3) is 0 Å². The SMILES string of the molecule is CCCCS(=O)(=O)N1CCN(c2ccc(NS(=O)(=O)NC)cc2)CC1. The largest absolute Gasteiger partial charge is 0.369 e. The average Bonchev–Trinajstić information content (AvgIpc) is 2.60. The van der Waals surface area contributed by atoms with Crippen LogP contribution in [0.5, 0.6) is 0 Å². The Hall–Kier alpha value is -1.36. The summed E-state index contributed by atoms with van der Waals surface area (Å²) in [7, 11) is -5.35. The second kappa shape index (κ2) is 8.35. The second-order valence-electron chi connectivity index (χ2n) is 5.91. The number of hydrogen-bond acceptors (Lipinski definition) is 5. The molecule has 1 aromatic rings. The lowest BCUT2D eigenvalue weighted by molar-refractivity contribution is 0.384. The van der Waals surface area contributed by atoms with E-state index in [1.165, 1.54) is 7.05 Å². The highest BCUT2D eigenvalue weighted by atomic mass is 32.2. The first-order valence-electron chi connectivity index (χ1n) is 8.31. The molecule has 2 rings (SSSR count). The van der Waals surface area contributed by atoms with Gasteiger partial charge < -0.3 is 4.90 Å². The Morgan fingerprint density at radius 2 is 1.60 bits per heavy atom. The van der Waals surface area contributed by atoms with Crippen molar-refractivity contribution >= 4 is 31.6 Å². The monoisotopic (exact) mass is 390 g/mol. The summed E-state index contributed by atoms with van der Waals surface area (Å²) in [5, 5.41) is 0. The van der Waals surface area contributed by atoms with E-state index in [2.05, 4.69) is 14.3 Å². The molecular formula is C15H26N4O4S2. The van der Waals surface area contributed by atoms with Crippen molar-refractivity contribution < 1.29 is 16.8 Å². The maximum absolute atomic E-state index is 12.2. The third-order valence-electron chi connectivity index (χ3n) is 4.14. The molecule has 1 saturated heterocycles. The van der Waals surface area contributed by atoms with Crippen molar-refractivity contribution in [3.05, 3.63) is 24.3 Å². The van der Waals surface area contributed by atoms with Crippen LogP contribution in [0.2, 0.25) is 0 Å². The van der Waals surface area contributed by atoms with Gasteiger partial charge in [0.25, 0.3) is 10.2 Å². The van der Waals surface area contributed by atoms with Crippen LogP contribution in [0, 0.1) is 0 Å². The van der Waals surface area contributed by atoms with Crippen LogP contribution in [0.3, 0.4) is 0 Å². The fourth-order valence-electron chi connectivity index (χ4n) is 2.63. The third kappa shape index (κ3) is 5.56. The zero-order chi connectivity index (χ0) is 18.5. The smallest absolute Gasteiger partial charge is 0.298 e. The second-order valence-corrected chi connectivity index (χ2v) is 9.62. The zero-order valence-corrected chi connectivity index (χ0v) is 16.2. The number of anilines is 2. The van der Waals surface area contributed by atoms with Crippen LogP contribution in [-0.4, -0.2) is 60.1 Å². The number of hydrogen-bond donors (Lipinski definition) is 2. The fourth-order valence-corrected chi connectivity index (χ4v) is 4.81. The van der Waals surface area contributed by atoms with E-state index in [0.717, 1.165) is 12.1 Å². The van der Waals surface area contributed by atoms with Crippen LogP contribution in [-0.2, 0) is 20.2 Å². The molecule has 1 aromatic carbocycles. The Labute approximate surface area is 150 Å². The number of piperazine rings is 1. The van der Waals surface area contributed by atoms with Crippen molar-refractivity contribution in [1.82, 2.24) is 9.03 Å². The van der Waals surface area contributed by atoms with Crippen molar-refractivity contribution in [2.24, 2.45) is 0 Å². The van der Waals surface area contributed by atoms with Gasteiger partial charge in [0.15, 0.2) is 0 Å². The summed E-state index contributed by atoms with van der Waals surface area (Å²) in [6.45, 7) is 4.16. The predicted octanol–water partition coefficient (Wildman–Crippen LogP) is 0.815. The van der Waals surface area contributed by atoms with E-state index in [4.69, 9.17) is 0 Å². The maximum Gasteiger partial charge on any atom is 0.298 e. The van der Waals surface area contributed by atoms with Gasteiger partial charge >= 0.3 is 0 Å². The zero-order valence-electron chi connectivity index (χ0n) is 14.6. The van der Waals surface area contributed by atoms with E-state index in [-0.39, 0.29) is 5.75 Å². The summed E-state index contributed by atoms with van der Waals surface area (Å²) < 4.78 is 53.5. The first-order valence-corrected chi connectivity index (χ1v) is 11.4. The van der Waals surface area contributed by atoms with Crippen molar-refractivity contribution in [2.45, 2.75) is 19.8 Å². The van der Waals surface area contributed by atoms with Crippen LogP contribution in [0.4, 0.5) is 11.4 Å². The van der Waals surface area contributed by atoms with E-state index < -0.39 is 20.2 Å². The van der Waals surface area contributed by atoms with Gasteiger partial charge in [0.1, 0.15) is 0 Å². The molecular weight excluding hydrogens is 364 g/mol. The lowest BCUT2D eigenvalue weighted by Crippen LogP contribution is -2.49. The van der Waals surface area contributed by atoms with E-state index in [1.54, 1.807) is 16.4 Å². The molecule has 0 unspecified atom stereocenters. The van der Waals surface area contributed by atoms with Crippen LogP contribution in [0.1, 0.15) is 19.8 Å². The maximum atomic E-state index is 12.2. The molecule has 2 N–H and O–H groups in total. The molecule has 142 valence electrons. The number of unbranched alkanes of at least 4 members (excludes halogenated alkanes) is 1. The van der Waals surface area contributed by atoms with E-state index in [9.17, 15) is 16.8 Å². The fraction of sp³-hybridized carbons (Fsp3) is 0.600. The van der Waals surface area contributed by atoms with Gasteiger partial charge in [-0.1, -0.05) is 13.3 Å². The Balaban J connectivity index is 1.95. The number of nitrogens with one attached hydrogen (secondary N) is 2. The summed E-state index contributed by atoms with van der Waals surface area (Å²) in [5.74, 6) is 0.212. The van der Waals surface area contributed by atoms with Crippen LogP contribution >= 0.6 is 0 Å². The van der Waals surface area contributed by atoms with E-state index in [0.29, 0.717) is 38.3 Å². The topological polar surface area (TPSA) is 98.8 Å². The Bertz CT molecular complexity index is 755. The first kappa shape index (κ1) is 20.0. The molecule has 0 saturated carbocycles. The van der Waals surface area contributed by atoms with Crippen LogP contribution in [0.15, 0.2) is 24.3 Å². The summed E-state index contributed by atoms with van der Waals surface area (Å²) in [4.78, 5) is 2.10. The highest BCUT2D eigenvalue weighted by Crippen LogP contribution is 2.21. The molecule has 1 aliphatic heterocycles. The first-order chi connectivity index (χ1) is 11.8. The standard InChI is InChI=1S/C15H26N4O4S2/c1-3-4-13-24(20,21)19-11-9-18(10-12-19)15-7-5-14(6-8-15)17-25(22,23)16-2/h5-8,16-17H,3-4,9-13H2,1-2H3. The number of rotatable bonds is 8. The van der Waals surface area contributed by atoms with Crippen molar-refractivity contribution in [2.75, 3.05) is 48.6 Å². The van der Waals surface area contributed by atoms with Gasteiger partial charge in [-0.3, -0.25) is 4.72 Å². The summed E-state index contributed by atoms with van der Waals surface area (Å²) in [5.41, 5.74) is 1.41. The summed E-state index contributed by atoms with van der Waals surface area (Å²) in [6.07, 6.45) is 1.55. The van der Waals surface area contributed by atoms with Crippen molar-refractivity contribution in [3.63, 3.8) is 0 Å². The lowest BCUT2D eigenvalue weighted by atomic mass is 10.2. The molecule has 0 amide bonds. The van der Waals surface area contributed by atoms with Gasteiger partial charge in [0, 0.05) is 44.6 Å². The van der Waals surface area contributed by atoms with Gasteiger partial charge in [0.2, 0.25) is 10.0 Å². The lowest BCUT2D eigenvalue weighted by Gasteiger charge is -2.35. The van der Waals surface area contributed by atoms with Crippen molar-refractivity contribution in [3.8, 4) is 0 Å². The predicted molar refractivity (Wildman–Crippen MR) is 101 cm³/mol. The van der Waals surface area contributed by atoms with Gasteiger partial charge in [0.05, 0.1) is 5.75 Å². The number of sulfonamides is 1. The molecule has 0 atom stereocenters. The normalized spacial score (nSPS) is 16.8. The molecule has 0 aromatic heterocycles. The average molecular weight is 391 g/mol. The third-order valence-corrected chi connectivity index (χ3v) is 7.14. The highest BCUT2D eigenvalue weighted by Gasteiger charge is 2.26. The Morgan fingerprint density at radius 3 is 2.12 bits per heavy atom. The molecule has 1 aliphatic rings. The van der Waals surface area contributed by atoms with Gasteiger partial charge in [-0.15, -0.1) is 0 Å². The van der Waals surface area contributed by atoms with Crippen LogP contribution < -0.4 is 14.3 Å². The molecule has 0 radical (unpaired) electrons. The quantitative estimate of drug-likeness (QED) is 0.685. The minimum atomic E-state index is -3.53. The molecule has 0 spiro atoms. The molecule has 10 heteroatoms. The van der Waals surface area contributed by atoms with Gasteiger partial charge in [-0.2, -0.15) is 12.7 Å². The summed E-state index contributed by atoms with van der Waals surface area (Å²) in [6, 6.07) is 7.03. The minimum absolute atomic E-state index is 0.212. The molecule has 1 fully saturated rings. The van der Waals surface area contributed by atoms with Gasteiger partial charge in [-0.05, 0) is 30.7 Å². The van der Waals surface area contributed by atoms with E-state index >= 15 is 0 Å². The highest BCUT2D eigenvalue weighted by molar-refractivity contribution is 7.90. The van der Waals surface area contributed by atoms with E-state index in [1.807, 2.05) is 19.1 Å². The Morgan fingerprint density at radius 1 is 1.00 bits per heavy atom. The van der Waals surface area contributed by atoms with Gasteiger partial charge in [-0.25, -0.2) is 13.1 Å². The summed E-state index contributed by atoms with van der Waals surface area (Å²) >= 11 is 0. The molecule has 25 heavy (non-hydrogen) atoms. The molecule has 0 aliphatic carbocycles. The van der Waals surface area contributed by atoms with Crippen molar-refractivity contribution in [1.29, 1.82) is 0 Å². The Kier molecular flexibility index (Phi) is 6.66. The molecule has 8 nitrogen and oxygen atoms in total. The number of nitrogens with zero attached hydrogens (tertiary/aromatic N) is 2. The molecule has 0 bridgehead atoms. The molecule has 1 heterocycles.